The Morgan fingerprint density at radius 3 is 1.35 bits per heavy atom. The molecule has 0 bridgehead atoms. The summed E-state index contributed by atoms with van der Waals surface area (Å²) < 4.78 is 13.5. The number of nitrogens with zero attached hydrogens (tertiary/aromatic N) is 2. The van der Waals surface area contributed by atoms with Crippen molar-refractivity contribution < 1.29 is 49.1 Å². The van der Waals surface area contributed by atoms with Crippen molar-refractivity contribution in [1.29, 1.82) is 0 Å². The number of rotatable bonds is 20. The van der Waals surface area contributed by atoms with Gasteiger partial charge >= 0.3 is 0 Å². The Hall–Kier alpha value is -5.94. The maximum Gasteiger partial charge on any atom is 0.263 e. The number of ketones is 2. The van der Waals surface area contributed by atoms with E-state index >= 15 is 0 Å². The standard InChI is InChI=1S/2C22H26N2O6/c2*1-23-21(28)19-9-16(20(27)10-15-8-17(15)13-26)12-24(22(19)29)11-14-3-2-4-18(7-14)30-6-5-25/h2*2-4,7,9,12,15,17,25-26H,5-6,8,10-11,13H2,1H3,(H,23,28)/t2*15-,17-/m10/s1. The van der Waals surface area contributed by atoms with Crippen molar-refractivity contribution in [1.82, 2.24) is 19.8 Å². The van der Waals surface area contributed by atoms with Gasteiger partial charge in [-0.25, -0.2) is 0 Å². The van der Waals surface area contributed by atoms with Gasteiger partial charge in [-0.1, -0.05) is 24.3 Å². The summed E-state index contributed by atoms with van der Waals surface area (Å²) in [6.07, 6.45) is 5.14. The largest absolute Gasteiger partial charge is 0.491 e. The zero-order valence-corrected chi connectivity index (χ0v) is 33.7. The van der Waals surface area contributed by atoms with Gasteiger partial charge in [-0.3, -0.25) is 28.8 Å². The number of ether oxygens (including phenoxy) is 2. The van der Waals surface area contributed by atoms with E-state index < -0.39 is 22.9 Å². The zero-order valence-electron chi connectivity index (χ0n) is 33.7. The van der Waals surface area contributed by atoms with Crippen LogP contribution in [0, 0.1) is 23.7 Å². The summed E-state index contributed by atoms with van der Waals surface area (Å²) in [5, 5.41) is 41.1. The van der Waals surface area contributed by atoms with Gasteiger partial charge in [0.1, 0.15) is 35.8 Å². The number of carbonyl (C=O) groups excluding carboxylic acids is 4. The summed E-state index contributed by atoms with van der Waals surface area (Å²) in [7, 11) is 2.86. The van der Waals surface area contributed by atoms with E-state index in [0.717, 1.165) is 24.0 Å². The third-order valence-corrected chi connectivity index (χ3v) is 10.5. The van der Waals surface area contributed by atoms with E-state index in [9.17, 15) is 39.0 Å². The van der Waals surface area contributed by atoms with Crippen LogP contribution in [-0.2, 0) is 13.1 Å². The van der Waals surface area contributed by atoms with E-state index in [-0.39, 0.29) is 112 Å². The number of benzene rings is 2. The molecule has 0 aliphatic heterocycles. The lowest BCUT2D eigenvalue weighted by Gasteiger charge is -2.12. The minimum atomic E-state index is -0.553. The van der Waals surface area contributed by atoms with E-state index in [1.807, 2.05) is 12.1 Å². The first kappa shape index (κ1) is 45.1. The van der Waals surface area contributed by atoms with Gasteiger partial charge in [0.2, 0.25) is 0 Å². The third-order valence-electron chi connectivity index (χ3n) is 10.5. The number of hydrogen-bond acceptors (Lipinski definition) is 12. The van der Waals surface area contributed by atoms with Gasteiger partial charge in [0.05, 0.1) is 26.3 Å². The first-order valence-electron chi connectivity index (χ1n) is 19.8. The Kier molecular flexibility index (Phi) is 16.1. The van der Waals surface area contributed by atoms with Crippen LogP contribution >= 0.6 is 0 Å². The first-order chi connectivity index (χ1) is 28.9. The molecule has 6 rings (SSSR count). The normalized spacial score (nSPS) is 17.4. The van der Waals surface area contributed by atoms with Crippen molar-refractivity contribution >= 4 is 23.4 Å². The Balaban J connectivity index is 0.000000228. The first-order valence-corrected chi connectivity index (χ1v) is 19.8. The summed E-state index contributed by atoms with van der Waals surface area (Å²) in [6, 6.07) is 16.8. The van der Waals surface area contributed by atoms with Crippen LogP contribution in [-0.4, -0.2) is 107 Å². The summed E-state index contributed by atoms with van der Waals surface area (Å²) >= 11 is 0. The van der Waals surface area contributed by atoms with Crippen LogP contribution in [0.25, 0.3) is 0 Å². The van der Waals surface area contributed by atoms with Gasteiger partial charge in [-0.05, 0) is 84.0 Å². The van der Waals surface area contributed by atoms with Crippen molar-refractivity contribution in [2.24, 2.45) is 23.7 Å². The number of pyridine rings is 2. The van der Waals surface area contributed by atoms with Crippen LogP contribution in [0.4, 0.5) is 0 Å². The minimum absolute atomic E-state index is 0.0651. The number of Topliss-reactive ketones (excluding diaryl/α,β-unsaturated/α-hetero) is 2. The van der Waals surface area contributed by atoms with Crippen molar-refractivity contribution in [3.63, 3.8) is 0 Å². The molecule has 4 aromatic rings. The fraction of sp³-hybridized carbons (Fsp3) is 0.409. The fourth-order valence-electron chi connectivity index (χ4n) is 6.87. The fourth-order valence-corrected chi connectivity index (χ4v) is 6.87. The maximum atomic E-state index is 12.8. The Morgan fingerprint density at radius 2 is 1.02 bits per heavy atom. The van der Waals surface area contributed by atoms with Gasteiger partial charge in [0, 0.05) is 63.7 Å². The highest BCUT2D eigenvalue weighted by molar-refractivity contribution is 6.01. The average molecular weight is 829 g/mol. The number of aliphatic hydroxyl groups is 4. The predicted molar refractivity (Wildman–Crippen MR) is 220 cm³/mol. The van der Waals surface area contributed by atoms with Crippen LogP contribution in [0.1, 0.15) is 78.2 Å². The molecule has 0 unspecified atom stereocenters. The predicted octanol–water partition coefficient (Wildman–Crippen LogP) is 1.66. The van der Waals surface area contributed by atoms with E-state index in [2.05, 4.69) is 10.6 Å². The zero-order chi connectivity index (χ0) is 43.3. The van der Waals surface area contributed by atoms with E-state index in [1.54, 1.807) is 36.4 Å². The molecule has 4 atom stereocenters. The summed E-state index contributed by atoms with van der Waals surface area (Å²) in [6.45, 7) is 0.536. The van der Waals surface area contributed by atoms with Crippen molar-refractivity contribution in [2.75, 3.05) is 53.7 Å². The molecule has 2 fully saturated rings. The molecule has 320 valence electrons. The SMILES string of the molecule is CNC(=O)c1cc(C(=O)C[C@@H]2C[C@H]2CO)cn(Cc2cccc(OCCO)c2)c1=O.CNC(=O)c1cc(C(=O)C[C@H]2C[C@@H]2CO)cn(Cc2cccc(OCCO)c2)c1=O. The highest BCUT2D eigenvalue weighted by atomic mass is 16.5. The van der Waals surface area contributed by atoms with E-state index in [0.29, 0.717) is 22.6 Å². The Labute approximate surface area is 346 Å². The molecule has 0 spiro atoms. The van der Waals surface area contributed by atoms with Crippen LogP contribution < -0.4 is 31.2 Å². The van der Waals surface area contributed by atoms with Gasteiger partial charge in [0.25, 0.3) is 22.9 Å². The molecular weight excluding hydrogens is 776 g/mol. The molecule has 2 amide bonds. The molecule has 6 N–H and O–H groups in total. The smallest absolute Gasteiger partial charge is 0.263 e. The van der Waals surface area contributed by atoms with E-state index in [4.69, 9.17) is 19.7 Å². The van der Waals surface area contributed by atoms with Gasteiger partial charge < -0.3 is 49.7 Å². The summed E-state index contributed by atoms with van der Waals surface area (Å²) in [5.74, 6) is 0.281. The number of aliphatic hydroxyl groups excluding tert-OH is 4. The van der Waals surface area contributed by atoms with Crippen LogP contribution in [0.15, 0.2) is 82.6 Å². The molecule has 2 aromatic heterocycles. The second-order valence-electron chi connectivity index (χ2n) is 14.9. The molecule has 2 aliphatic carbocycles. The lowest BCUT2D eigenvalue weighted by Crippen LogP contribution is -2.32. The molecular formula is C44H52N4O12. The molecule has 2 aliphatic rings. The van der Waals surface area contributed by atoms with E-state index in [1.165, 1.54) is 47.8 Å². The lowest BCUT2D eigenvalue weighted by atomic mass is 10.0. The highest BCUT2D eigenvalue weighted by Crippen LogP contribution is 2.42. The van der Waals surface area contributed by atoms with Gasteiger partial charge in [-0.15, -0.1) is 0 Å². The number of amides is 2. The Morgan fingerprint density at radius 1 is 0.617 bits per heavy atom. The van der Waals surface area contributed by atoms with Gasteiger partial charge in [-0.2, -0.15) is 0 Å². The number of hydrogen-bond donors (Lipinski definition) is 6. The minimum Gasteiger partial charge on any atom is -0.491 e. The molecule has 16 heteroatoms. The molecule has 0 saturated heterocycles. The van der Waals surface area contributed by atoms with Crippen LogP contribution in [0.2, 0.25) is 0 Å². The monoisotopic (exact) mass is 828 g/mol. The molecule has 16 nitrogen and oxygen atoms in total. The van der Waals surface area contributed by atoms with Gasteiger partial charge in [0.15, 0.2) is 11.6 Å². The number of aromatic nitrogens is 2. The topological polar surface area (TPSA) is 236 Å². The number of nitrogens with one attached hydrogen (secondary N) is 2. The summed E-state index contributed by atoms with van der Waals surface area (Å²) in [4.78, 5) is 75.5. The molecule has 2 saturated carbocycles. The van der Waals surface area contributed by atoms with Crippen LogP contribution in [0.3, 0.4) is 0 Å². The van der Waals surface area contributed by atoms with Crippen molar-refractivity contribution in [3.8, 4) is 11.5 Å². The second-order valence-corrected chi connectivity index (χ2v) is 14.9. The lowest BCUT2D eigenvalue weighted by molar-refractivity contribution is 0.0948. The quantitative estimate of drug-likeness (QED) is 0.0699. The maximum absolute atomic E-state index is 12.8. The molecule has 0 radical (unpaired) electrons. The third kappa shape index (κ3) is 12.1. The second kappa shape index (κ2) is 21.4. The molecule has 2 aromatic carbocycles. The van der Waals surface area contributed by atoms with Crippen molar-refractivity contribution in [3.05, 3.63) is 127 Å². The van der Waals surface area contributed by atoms with Crippen molar-refractivity contribution in [2.45, 2.75) is 38.8 Å². The average Bonchev–Trinajstić information content (AvgIpc) is 4.20. The van der Waals surface area contributed by atoms with Crippen LogP contribution in [0.5, 0.6) is 11.5 Å². The molecule has 60 heavy (non-hydrogen) atoms. The Bertz CT molecular complexity index is 2130. The number of carbonyl (C=O) groups is 4. The summed E-state index contributed by atoms with van der Waals surface area (Å²) in [5.41, 5.74) is 0.926. The highest BCUT2D eigenvalue weighted by Gasteiger charge is 2.39. The molecule has 2 heterocycles.